The van der Waals surface area contributed by atoms with Crippen molar-refractivity contribution in [3.63, 3.8) is 0 Å². The Morgan fingerprint density at radius 2 is 2.09 bits per heavy atom. The van der Waals surface area contributed by atoms with Crippen LogP contribution in [0.4, 0.5) is 4.39 Å². The van der Waals surface area contributed by atoms with Gasteiger partial charge in [0.25, 0.3) is 5.91 Å². The smallest absolute Gasteiger partial charge is 0.366 e. The molecule has 1 atom stereocenters. The Bertz CT molecular complexity index is 1340. The largest absolute Gasteiger partial charge is 0.493 e. The van der Waals surface area contributed by atoms with Crippen LogP contribution in [-0.4, -0.2) is 42.5 Å². The Balaban J connectivity index is 1.55. The zero-order valence-corrected chi connectivity index (χ0v) is 19.8. The highest BCUT2D eigenvalue weighted by molar-refractivity contribution is 6.22. The molecule has 184 valence electrons. The summed E-state index contributed by atoms with van der Waals surface area (Å²) in [4.78, 5) is 25.7. The molecule has 2 N–H and O–H groups in total. The third-order valence-electron chi connectivity index (χ3n) is 6.77. The fraction of sp³-hybridized carbons (Fsp3) is 0.458. The van der Waals surface area contributed by atoms with Gasteiger partial charge in [0, 0.05) is 29.8 Å². The molecule has 0 spiro atoms. The summed E-state index contributed by atoms with van der Waals surface area (Å²) in [6, 6.07) is 6.82. The van der Waals surface area contributed by atoms with Crippen LogP contribution < -0.4 is 15.7 Å². The summed E-state index contributed by atoms with van der Waals surface area (Å²) in [5, 5.41) is 17.1. The summed E-state index contributed by atoms with van der Waals surface area (Å²) in [6.45, 7) is 4.32. The van der Waals surface area contributed by atoms with Crippen molar-refractivity contribution < 1.29 is 13.9 Å². The van der Waals surface area contributed by atoms with Crippen molar-refractivity contribution in [1.82, 2.24) is 35.3 Å². The molecular formula is C24H28FN7O3. The molecule has 1 amide bonds. The number of nitrogens with zero attached hydrogens (tertiary/aromatic N) is 5. The number of tetrazole rings is 1. The average molecular weight is 482 g/mol. The number of amides is 1. The van der Waals surface area contributed by atoms with Gasteiger partial charge in [-0.25, -0.2) is 14.3 Å². The molecule has 5 rings (SSSR count). The molecule has 1 aliphatic carbocycles. The number of aromatic amines is 1. The van der Waals surface area contributed by atoms with E-state index in [1.54, 1.807) is 19.1 Å². The Morgan fingerprint density at radius 3 is 2.74 bits per heavy atom. The second kappa shape index (κ2) is 9.12. The Hall–Kier alpha value is -3.76. The van der Waals surface area contributed by atoms with Crippen molar-refractivity contribution in [1.29, 1.82) is 0 Å². The average Bonchev–Trinajstić information content (AvgIpc) is 3.42. The third kappa shape index (κ3) is 4.26. The number of hydrogen-bond acceptors (Lipinski definition) is 6. The van der Waals surface area contributed by atoms with E-state index in [-0.39, 0.29) is 12.1 Å². The van der Waals surface area contributed by atoms with E-state index in [0.29, 0.717) is 35.2 Å². The first-order valence-corrected chi connectivity index (χ1v) is 11.9. The molecule has 2 aliphatic rings. The van der Waals surface area contributed by atoms with E-state index in [9.17, 15) is 9.59 Å². The molecule has 10 nitrogen and oxygen atoms in total. The molecule has 3 heterocycles. The number of hydrogen-bond donors (Lipinski definition) is 2. The number of nitrogens with one attached hydrogen (secondary N) is 2. The van der Waals surface area contributed by atoms with Gasteiger partial charge in [-0.2, -0.15) is 9.78 Å². The lowest BCUT2D eigenvalue weighted by Gasteiger charge is -2.37. The summed E-state index contributed by atoms with van der Waals surface area (Å²) in [5.74, 6) is -0.607. The Kier molecular flexibility index (Phi) is 6.00. The van der Waals surface area contributed by atoms with Crippen LogP contribution in [0.3, 0.4) is 0 Å². The number of aromatic nitrogens is 6. The van der Waals surface area contributed by atoms with Crippen LogP contribution in [0.5, 0.6) is 5.75 Å². The van der Waals surface area contributed by atoms with Crippen LogP contribution in [-0.2, 0) is 10.3 Å². The van der Waals surface area contributed by atoms with E-state index < -0.39 is 23.0 Å². The fourth-order valence-corrected chi connectivity index (χ4v) is 4.59. The molecule has 11 heteroatoms. The standard InChI is InChI=1S/C24H28FN7O3/c1-3-4-12-35-16-8-9-18(19(25)13-16)24(2)14-17(20-10-11-31(28-20)15-6-5-7-15)21(22(33)26-24)32-23(34)27-29-30-32/h8-11,13,15H,3-7,12,14H2,1-2H3,(H,26,33)(H,27,30,34)/t24-/m0/s1. The molecular weight excluding hydrogens is 453 g/mol. The van der Waals surface area contributed by atoms with Crippen LogP contribution in [0.25, 0.3) is 11.3 Å². The van der Waals surface area contributed by atoms with Gasteiger partial charge in [-0.1, -0.05) is 19.4 Å². The number of benzene rings is 1. The molecule has 1 fully saturated rings. The number of unbranched alkanes of at least 4 members (excludes halogenated alkanes) is 1. The highest BCUT2D eigenvalue weighted by Gasteiger charge is 2.41. The predicted molar refractivity (Wildman–Crippen MR) is 126 cm³/mol. The van der Waals surface area contributed by atoms with E-state index in [1.165, 1.54) is 6.07 Å². The van der Waals surface area contributed by atoms with Gasteiger partial charge in [0.05, 0.1) is 23.9 Å². The van der Waals surface area contributed by atoms with Gasteiger partial charge in [0.2, 0.25) is 0 Å². The van der Waals surface area contributed by atoms with E-state index in [4.69, 9.17) is 9.84 Å². The molecule has 0 saturated heterocycles. The minimum atomic E-state index is -1.09. The number of rotatable bonds is 8. The summed E-state index contributed by atoms with van der Waals surface area (Å²) in [6.07, 6.45) is 7.18. The highest BCUT2D eigenvalue weighted by Crippen LogP contribution is 2.41. The van der Waals surface area contributed by atoms with Crippen LogP contribution >= 0.6 is 0 Å². The number of ether oxygens (including phenoxy) is 1. The fourth-order valence-electron chi connectivity index (χ4n) is 4.59. The first-order valence-electron chi connectivity index (χ1n) is 11.9. The zero-order chi connectivity index (χ0) is 24.6. The van der Waals surface area contributed by atoms with Gasteiger partial charge in [-0.3, -0.25) is 9.48 Å². The predicted octanol–water partition coefficient (Wildman–Crippen LogP) is 3.01. The minimum absolute atomic E-state index is 0.0278. The molecule has 1 aromatic carbocycles. The van der Waals surface area contributed by atoms with Gasteiger partial charge in [0.1, 0.15) is 17.3 Å². The second-order valence-electron chi connectivity index (χ2n) is 9.32. The van der Waals surface area contributed by atoms with Crippen molar-refractivity contribution in [3.8, 4) is 5.75 Å². The SMILES string of the molecule is CCCCOc1ccc([C@]2(C)CC(c3ccn(C4CCC4)n3)=C(n3nn[nH]c3=O)C(=O)N2)c(F)c1. The van der Waals surface area contributed by atoms with Crippen molar-refractivity contribution in [2.24, 2.45) is 0 Å². The summed E-state index contributed by atoms with van der Waals surface area (Å²) >= 11 is 0. The summed E-state index contributed by atoms with van der Waals surface area (Å²) in [7, 11) is 0. The van der Waals surface area contributed by atoms with Crippen molar-refractivity contribution in [3.05, 3.63) is 58.0 Å². The first-order chi connectivity index (χ1) is 16.9. The zero-order valence-electron chi connectivity index (χ0n) is 19.8. The quantitative estimate of drug-likeness (QED) is 0.478. The van der Waals surface area contributed by atoms with Crippen molar-refractivity contribution >= 4 is 17.2 Å². The van der Waals surface area contributed by atoms with Gasteiger partial charge in [0.15, 0.2) is 0 Å². The molecule has 1 aliphatic heterocycles. The maximum absolute atomic E-state index is 15.3. The van der Waals surface area contributed by atoms with Crippen molar-refractivity contribution in [2.75, 3.05) is 6.61 Å². The summed E-state index contributed by atoms with van der Waals surface area (Å²) in [5.41, 5.74) is -0.350. The lowest BCUT2D eigenvalue weighted by molar-refractivity contribution is -0.118. The van der Waals surface area contributed by atoms with Crippen LogP contribution in [0.2, 0.25) is 0 Å². The molecule has 0 radical (unpaired) electrons. The molecule has 0 unspecified atom stereocenters. The Labute approximate surface area is 201 Å². The van der Waals surface area contributed by atoms with Crippen LogP contribution in [0.1, 0.15) is 69.7 Å². The van der Waals surface area contributed by atoms with Gasteiger partial charge in [-0.05, 0) is 55.2 Å². The number of halogens is 1. The van der Waals surface area contributed by atoms with Crippen LogP contribution in [0.15, 0.2) is 35.3 Å². The van der Waals surface area contributed by atoms with E-state index >= 15 is 4.39 Å². The third-order valence-corrected chi connectivity index (χ3v) is 6.77. The summed E-state index contributed by atoms with van der Waals surface area (Å²) < 4.78 is 23.7. The van der Waals surface area contributed by atoms with Gasteiger partial charge >= 0.3 is 5.69 Å². The molecule has 3 aromatic rings. The number of H-pyrrole nitrogens is 1. The highest BCUT2D eigenvalue weighted by atomic mass is 19.1. The monoisotopic (exact) mass is 481 g/mol. The second-order valence-corrected chi connectivity index (χ2v) is 9.32. The lowest BCUT2D eigenvalue weighted by Crippen LogP contribution is -2.49. The van der Waals surface area contributed by atoms with Crippen LogP contribution in [0, 0.1) is 5.82 Å². The van der Waals surface area contributed by atoms with E-state index in [0.717, 1.165) is 36.8 Å². The molecule has 0 bridgehead atoms. The molecule has 35 heavy (non-hydrogen) atoms. The van der Waals surface area contributed by atoms with Crippen molar-refractivity contribution in [2.45, 2.75) is 64.0 Å². The van der Waals surface area contributed by atoms with Gasteiger partial charge in [-0.15, -0.1) is 0 Å². The lowest BCUT2D eigenvalue weighted by atomic mass is 9.80. The normalized spacial score (nSPS) is 20.6. The minimum Gasteiger partial charge on any atom is -0.493 e. The number of carbonyl (C=O) groups is 1. The maximum atomic E-state index is 15.3. The molecule has 2 aromatic heterocycles. The van der Waals surface area contributed by atoms with E-state index in [2.05, 4.69) is 27.8 Å². The molecule has 1 saturated carbocycles. The number of carbonyl (C=O) groups excluding carboxylic acids is 1. The topological polar surface area (TPSA) is 120 Å². The first kappa shape index (κ1) is 23.0. The van der Waals surface area contributed by atoms with Gasteiger partial charge < -0.3 is 10.1 Å². The maximum Gasteiger partial charge on any atom is 0.366 e. The van der Waals surface area contributed by atoms with E-state index in [1.807, 2.05) is 16.9 Å². The Morgan fingerprint density at radius 1 is 1.26 bits per heavy atom.